The van der Waals surface area contributed by atoms with Crippen molar-refractivity contribution in [3.05, 3.63) is 30.1 Å². The van der Waals surface area contributed by atoms with E-state index in [0.29, 0.717) is 31.9 Å². The Kier molecular flexibility index (Phi) is 6.84. The maximum Gasteiger partial charge on any atom is 0.414 e. The first-order valence-electron chi connectivity index (χ1n) is 11.9. The monoisotopic (exact) mass is 470 g/mol. The van der Waals surface area contributed by atoms with Crippen molar-refractivity contribution in [2.75, 3.05) is 31.7 Å². The molecule has 1 fully saturated rings. The van der Waals surface area contributed by atoms with E-state index in [4.69, 9.17) is 9.47 Å². The molecule has 1 aromatic carbocycles. The zero-order valence-electron chi connectivity index (χ0n) is 20.4. The second-order valence-corrected chi connectivity index (χ2v) is 9.74. The largest absolute Gasteiger partial charge is 0.491 e. The summed E-state index contributed by atoms with van der Waals surface area (Å²) in [5.74, 6) is 0.866. The fourth-order valence-electron chi connectivity index (χ4n) is 4.76. The number of nitrogens with zero attached hydrogens (tertiary/aromatic N) is 4. The standard InChI is InChI=1S/C25H34N4O5/c1-17-7-8-20-21(29(17)24(31)33-4)10-9-19(18-14-26-28(15-18)16-25(2,3)32)23(20)34-13-12-27-11-5-6-22(27)30/h9-10,14-15,17,32H,5-8,11-13,16H2,1-4H3/t17-/m0/s1. The summed E-state index contributed by atoms with van der Waals surface area (Å²) in [6, 6.07) is 3.88. The van der Waals surface area contributed by atoms with Gasteiger partial charge in [-0.1, -0.05) is 0 Å². The second kappa shape index (κ2) is 9.66. The molecular formula is C25H34N4O5. The summed E-state index contributed by atoms with van der Waals surface area (Å²) in [4.78, 5) is 28.1. The minimum atomic E-state index is -0.891. The van der Waals surface area contributed by atoms with Gasteiger partial charge in [0.15, 0.2) is 0 Å². The van der Waals surface area contributed by atoms with Crippen LogP contribution >= 0.6 is 0 Å². The number of carbonyl (C=O) groups is 2. The molecular weight excluding hydrogens is 436 g/mol. The number of aliphatic hydroxyl groups is 1. The summed E-state index contributed by atoms with van der Waals surface area (Å²) in [7, 11) is 1.39. The summed E-state index contributed by atoms with van der Waals surface area (Å²) in [5.41, 5.74) is 2.57. The number of hydrogen-bond acceptors (Lipinski definition) is 6. The van der Waals surface area contributed by atoms with Gasteiger partial charge in [-0.3, -0.25) is 14.4 Å². The molecule has 1 atom stereocenters. The summed E-state index contributed by atoms with van der Waals surface area (Å²) in [5, 5.41) is 14.6. The molecule has 4 rings (SSSR count). The van der Waals surface area contributed by atoms with Gasteiger partial charge in [0.05, 0.1) is 37.7 Å². The van der Waals surface area contributed by atoms with Gasteiger partial charge in [0, 0.05) is 41.9 Å². The highest BCUT2D eigenvalue weighted by Gasteiger charge is 2.32. The van der Waals surface area contributed by atoms with Crippen LogP contribution in [0.15, 0.2) is 24.5 Å². The molecule has 0 radical (unpaired) electrons. The topological polar surface area (TPSA) is 97.1 Å². The quantitative estimate of drug-likeness (QED) is 0.667. The SMILES string of the molecule is COC(=O)N1c2ccc(-c3cnn(CC(C)(C)O)c3)c(OCCN3CCCC3=O)c2CC[C@@H]1C. The summed E-state index contributed by atoms with van der Waals surface area (Å²) >= 11 is 0. The van der Waals surface area contributed by atoms with Crippen LogP contribution in [0.1, 0.15) is 45.6 Å². The highest BCUT2D eigenvalue weighted by atomic mass is 16.5. The van der Waals surface area contributed by atoms with Crippen molar-refractivity contribution in [1.29, 1.82) is 0 Å². The molecule has 184 valence electrons. The molecule has 0 saturated carbocycles. The van der Waals surface area contributed by atoms with Gasteiger partial charge in [-0.05, 0) is 52.2 Å². The number of methoxy groups -OCH3 is 1. The first kappa shape index (κ1) is 24.1. The number of hydrogen-bond donors (Lipinski definition) is 1. The van der Waals surface area contributed by atoms with E-state index in [1.54, 1.807) is 29.6 Å². The Morgan fingerprint density at radius 3 is 2.76 bits per heavy atom. The lowest BCUT2D eigenvalue weighted by atomic mass is 9.92. The third kappa shape index (κ3) is 5.04. The van der Waals surface area contributed by atoms with E-state index >= 15 is 0 Å². The lowest BCUT2D eigenvalue weighted by Gasteiger charge is -2.35. The number of anilines is 1. The molecule has 1 N–H and O–H groups in total. The highest BCUT2D eigenvalue weighted by molar-refractivity contribution is 5.92. The van der Waals surface area contributed by atoms with E-state index in [0.717, 1.165) is 48.2 Å². The van der Waals surface area contributed by atoms with Crippen molar-refractivity contribution in [2.45, 2.75) is 64.6 Å². The maximum absolute atomic E-state index is 12.5. The fourth-order valence-corrected chi connectivity index (χ4v) is 4.76. The van der Waals surface area contributed by atoms with Crippen LogP contribution in [0, 0.1) is 0 Å². The smallest absolute Gasteiger partial charge is 0.414 e. The van der Waals surface area contributed by atoms with Crippen molar-refractivity contribution < 1.29 is 24.2 Å². The zero-order valence-corrected chi connectivity index (χ0v) is 20.4. The number of fused-ring (bicyclic) bond motifs is 1. The number of likely N-dealkylation sites (tertiary alicyclic amines) is 1. The van der Waals surface area contributed by atoms with Crippen molar-refractivity contribution >= 4 is 17.7 Å². The molecule has 2 aliphatic rings. The van der Waals surface area contributed by atoms with Crippen LogP contribution in [0.3, 0.4) is 0 Å². The Bertz CT molecular complexity index is 1060. The van der Waals surface area contributed by atoms with E-state index in [2.05, 4.69) is 5.10 Å². The number of aromatic nitrogens is 2. The number of amides is 2. The number of carbonyl (C=O) groups excluding carboxylic acids is 2. The third-order valence-corrected chi connectivity index (χ3v) is 6.39. The fraction of sp³-hybridized carbons (Fsp3) is 0.560. The molecule has 2 amide bonds. The van der Waals surface area contributed by atoms with Gasteiger partial charge in [-0.15, -0.1) is 0 Å². The van der Waals surface area contributed by atoms with Crippen LogP contribution in [0.25, 0.3) is 11.1 Å². The molecule has 9 heteroatoms. The van der Waals surface area contributed by atoms with Crippen LogP contribution < -0.4 is 9.64 Å². The van der Waals surface area contributed by atoms with Crippen LogP contribution in [-0.4, -0.2) is 70.2 Å². The van der Waals surface area contributed by atoms with Gasteiger partial charge in [0.2, 0.25) is 5.91 Å². The van der Waals surface area contributed by atoms with Crippen LogP contribution in [0.4, 0.5) is 10.5 Å². The third-order valence-electron chi connectivity index (χ3n) is 6.39. The molecule has 0 bridgehead atoms. The van der Waals surface area contributed by atoms with Gasteiger partial charge in [-0.25, -0.2) is 4.79 Å². The van der Waals surface area contributed by atoms with Crippen molar-refractivity contribution in [2.24, 2.45) is 0 Å². The molecule has 0 unspecified atom stereocenters. The Hall–Kier alpha value is -3.07. The summed E-state index contributed by atoms with van der Waals surface area (Å²) in [6.07, 6.45) is 6.27. The Morgan fingerprint density at radius 1 is 1.29 bits per heavy atom. The molecule has 0 spiro atoms. The van der Waals surface area contributed by atoms with E-state index in [1.165, 1.54) is 7.11 Å². The predicted molar refractivity (Wildman–Crippen MR) is 128 cm³/mol. The van der Waals surface area contributed by atoms with Crippen molar-refractivity contribution in [1.82, 2.24) is 14.7 Å². The lowest BCUT2D eigenvalue weighted by molar-refractivity contribution is -0.128. The highest BCUT2D eigenvalue weighted by Crippen LogP contribution is 2.43. The van der Waals surface area contributed by atoms with E-state index < -0.39 is 11.7 Å². The second-order valence-electron chi connectivity index (χ2n) is 9.74. The minimum absolute atomic E-state index is 0.00964. The molecule has 2 aromatic rings. The Labute approximate surface area is 200 Å². The molecule has 1 saturated heterocycles. The molecule has 2 aliphatic heterocycles. The Morgan fingerprint density at radius 2 is 2.09 bits per heavy atom. The molecule has 0 aliphatic carbocycles. The van der Waals surface area contributed by atoms with E-state index in [9.17, 15) is 14.7 Å². The van der Waals surface area contributed by atoms with Gasteiger partial charge < -0.3 is 19.5 Å². The number of rotatable bonds is 7. The van der Waals surface area contributed by atoms with Gasteiger partial charge in [-0.2, -0.15) is 5.10 Å². The first-order chi connectivity index (χ1) is 16.2. The number of ether oxygens (including phenoxy) is 2. The normalized spacial score (nSPS) is 18.3. The predicted octanol–water partition coefficient (Wildman–Crippen LogP) is 3.23. The molecule has 9 nitrogen and oxygen atoms in total. The van der Waals surface area contributed by atoms with Crippen LogP contribution in [0.2, 0.25) is 0 Å². The average Bonchev–Trinajstić information content (AvgIpc) is 3.40. The molecule has 3 heterocycles. The van der Waals surface area contributed by atoms with Crippen molar-refractivity contribution in [3.63, 3.8) is 0 Å². The molecule has 1 aromatic heterocycles. The maximum atomic E-state index is 12.5. The van der Waals surface area contributed by atoms with Gasteiger partial charge in [0.1, 0.15) is 12.4 Å². The average molecular weight is 471 g/mol. The van der Waals surface area contributed by atoms with Crippen LogP contribution in [0.5, 0.6) is 5.75 Å². The molecule has 34 heavy (non-hydrogen) atoms. The van der Waals surface area contributed by atoms with Gasteiger partial charge >= 0.3 is 6.09 Å². The number of benzene rings is 1. The zero-order chi connectivity index (χ0) is 24.5. The van der Waals surface area contributed by atoms with E-state index in [-0.39, 0.29) is 11.9 Å². The van der Waals surface area contributed by atoms with E-state index in [1.807, 2.05) is 30.2 Å². The lowest BCUT2D eigenvalue weighted by Crippen LogP contribution is -2.42. The van der Waals surface area contributed by atoms with Crippen molar-refractivity contribution in [3.8, 4) is 16.9 Å². The summed E-state index contributed by atoms with van der Waals surface area (Å²) < 4.78 is 13.1. The summed E-state index contributed by atoms with van der Waals surface area (Å²) in [6.45, 7) is 7.50. The van der Waals surface area contributed by atoms with Gasteiger partial charge in [0.25, 0.3) is 0 Å². The van der Waals surface area contributed by atoms with Crippen LogP contribution in [-0.2, 0) is 22.5 Å². The first-order valence-corrected chi connectivity index (χ1v) is 11.9. The minimum Gasteiger partial charge on any atom is -0.491 e. The Balaban J connectivity index is 1.69.